The Balaban J connectivity index is 2.12. The molecule has 1 aliphatic rings. The van der Waals surface area contributed by atoms with Gasteiger partial charge in [0.05, 0.1) is 5.39 Å². The summed E-state index contributed by atoms with van der Waals surface area (Å²) in [5.74, 6) is 1.48. The molecule has 0 amide bonds. The van der Waals surface area contributed by atoms with Gasteiger partial charge in [0.2, 0.25) is 5.95 Å². The average Bonchev–Trinajstić information content (AvgIpc) is 2.86. The van der Waals surface area contributed by atoms with Crippen molar-refractivity contribution in [1.29, 1.82) is 0 Å². The summed E-state index contributed by atoms with van der Waals surface area (Å²) in [4.78, 5) is 19.6. The predicted octanol–water partition coefficient (Wildman–Crippen LogP) is 3.40. The monoisotopic (exact) mass is 350 g/mol. The van der Waals surface area contributed by atoms with E-state index in [0.29, 0.717) is 5.95 Å². The highest BCUT2D eigenvalue weighted by Gasteiger charge is 2.33. The molecule has 5 nitrogen and oxygen atoms in total. The van der Waals surface area contributed by atoms with E-state index in [1.165, 1.54) is 10.4 Å². The van der Waals surface area contributed by atoms with E-state index in [9.17, 15) is 4.79 Å². The van der Waals surface area contributed by atoms with Crippen LogP contribution in [0, 0.1) is 0 Å². The van der Waals surface area contributed by atoms with Gasteiger partial charge in [-0.1, -0.05) is 20.4 Å². The number of nitrogens with one attached hydrogen (secondary N) is 2. The van der Waals surface area contributed by atoms with Crippen molar-refractivity contribution in [2.45, 2.75) is 44.1 Å². The van der Waals surface area contributed by atoms with Crippen LogP contribution in [0.5, 0.6) is 0 Å². The van der Waals surface area contributed by atoms with Crippen LogP contribution in [-0.4, -0.2) is 14.3 Å². The van der Waals surface area contributed by atoms with Crippen molar-refractivity contribution < 1.29 is 0 Å². The molecule has 23 heavy (non-hydrogen) atoms. The minimum atomic E-state index is 0.0175. The third-order valence-corrected chi connectivity index (χ3v) is 7.23. The standard InChI is InChI=1S/C16H22N4OS2/c1-6-16(4)7-10-11(8-22-16)23-13-12(10)14(21)20(5)15(17-13)19-18-9(2)3/h18H,2,6-8H2,1,3-5H3,(H,17,19)/t16-/m0/s1. The molecule has 0 saturated heterocycles. The van der Waals surface area contributed by atoms with Gasteiger partial charge in [-0.15, -0.1) is 23.1 Å². The lowest BCUT2D eigenvalue weighted by molar-refractivity contribution is 0.610. The molecule has 1 aliphatic heterocycles. The Hall–Kier alpha value is -1.47. The first kappa shape index (κ1) is 16.4. The van der Waals surface area contributed by atoms with E-state index in [0.717, 1.165) is 34.5 Å². The molecule has 0 bridgehead atoms. The minimum Gasteiger partial charge on any atom is -0.303 e. The number of thioether (sulfide) groups is 1. The molecule has 2 aromatic heterocycles. The molecule has 124 valence electrons. The maximum absolute atomic E-state index is 12.9. The van der Waals surface area contributed by atoms with Gasteiger partial charge in [0.15, 0.2) is 0 Å². The Morgan fingerprint density at radius 3 is 2.91 bits per heavy atom. The molecule has 2 aromatic rings. The summed E-state index contributed by atoms with van der Waals surface area (Å²) in [6.07, 6.45) is 2.04. The van der Waals surface area contributed by atoms with Crippen LogP contribution < -0.4 is 16.4 Å². The molecule has 0 spiro atoms. The van der Waals surface area contributed by atoms with Crippen LogP contribution in [0.2, 0.25) is 0 Å². The topological polar surface area (TPSA) is 59.0 Å². The summed E-state index contributed by atoms with van der Waals surface area (Å²) in [7, 11) is 1.75. The quantitative estimate of drug-likeness (QED) is 0.828. The van der Waals surface area contributed by atoms with Crippen LogP contribution in [0.1, 0.15) is 37.6 Å². The number of thiophene rings is 1. The van der Waals surface area contributed by atoms with Gasteiger partial charge < -0.3 is 5.43 Å². The Labute approximate surface area is 144 Å². The van der Waals surface area contributed by atoms with Gasteiger partial charge in [0.1, 0.15) is 4.83 Å². The highest BCUT2D eigenvalue weighted by atomic mass is 32.2. The number of anilines is 1. The first-order valence-electron chi connectivity index (χ1n) is 7.67. The van der Waals surface area contributed by atoms with Crippen molar-refractivity contribution in [1.82, 2.24) is 15.0 Å². The maximum atomic E-state index is 12.9. The fourth-order valence-corrected chi connectivity index (χ4v) is 5.19. The number of hydrogen-bond donors (Lipinski definition) is 2. The molecule has 2 N–H and O–H groups in total. The van der Waals surface area contributed by atoms with Gasteiger partial charge in [-0.2, -0.15) is 0 Å². The lowest BCUT2D eigenvalue weighted by Gasteiger charge is -2.31. The van der Waals surface area contributed by atoms with Gasteiger partial charge in [0, 0.05) is 28.1 Å². The molecule has 0 aliphatic carbocycles. The van der Waals surface area contributed by atoms with Crippen LogP contribution in [0.3, 0.4) is 0 Å². The second-order valence-corrected chi connectivity index (χ2v) is 8.93. The Bertz CT molecular complexity index is 839. The molecule has 0 aromatic carbocycles. The first-order valence-corrected chi connectivity index (χ1v) is 9.47. The third-order valence-electron chi connectivity index (χ3n) is 4.35. The molecule has 1 atom stereocenters. The average molecular weight is 351 g/mol. The number of hydrogen-bond acceptors (Lipinski definition) is 6. The normalized spacial score (nSPS) is 20.3. The van der Waals surface area contributed by atoms with Crippen LogP contribution in [-0.2, 0) is 19.2 Å². The van der Waals surface area contributed by atoms with Gasteiger partial charge in [-0.25, -0.2) is 4.98 Å². The summed E-state index contributed by atoms with van der Waals surface area (Å²) in [5.41, 5.74) is 7.86. The minimum absolute atomic E-state index is 0.0175. The summed E-state index contributed by atoms with van der Waals surface area (Å²) in [6.45, 7) is 10.1. The number of rotatable bonds is 4. The number of aromatic nitrogens is 2. The highest BCUT2D eigenvalue weighted by Crippen LogP contribution is 2.45. The summed E-state index contributed by atoms with van der Waals surface area (Å²) in [6, 6.07) is 0. The van der Waals surface area contributed by atoms with Crippen molar-refractivity contribution in [2.24, 2.45) is 7.05 Å². The van der Waals surface area contributed by atoms with Gasteiger partial charge in [-0.3, -0.25) is 14.8 Å². The summed E-state index contributed by atoms with van der Waals surface area (Å²) >= 11 is 3.63. The van der Waals surface area contributed by atoms with E-state index < -0.39 is 0 Å². The zero-order chi connectivity index (χ0) is 16.8. The molecule has 3 heterocycles. The molecule has 0 unspecified atom stereocenters. The Morgan fingerprint density at radius 2 is 2.26 bits per heavy atom. The van der Waals surface area contributed by atoms with Crippen LogP contribution in [0.25, 0.3) is 10.2 Å². The molecule has 7 heteroatoms. The third kappa shape index (κ3) is 2.87. The van der Waals surface area contributed by atoms with E-state index in [4.69, 9.17) is 0 Å². The SMILES string of the molecule is C=C(C)NNc1nc2sc3c(c2c(=O)n1C)C[C@](C)(CC)SC3. The summed E-state index contributed by atoms with van der Waals surface area (Å²) < 4.78 is 1.78. The second-order valence-electron chi connectivity index (χ2n) is 6.28. The molecule has 0 saturated carbocycles. The van der Waals surface area contributed by atoms with Gasteiger partial charge >= 0.3 is 0 Å². The maximum Gasteiger partial charge on any atom is 0.263 e. The molecule has 0 radical (unpaired) electrons. The van der Waals surface area contributed by atoms with Gasteiger partial charge in [0.25, 0.3) is 5.56 Å². The highest BCUT2D eigenvalue weighted by molar-refractivity contribution is 8.00. The molecular weight excluding hydrogens is 328 g/mol. The smallest absolute Gasteiger partial charge is 0.263 e. The predicted molar refractivity (Wildman–Crippen MR) is 100 cm³/mol. The zero-order valence-corrected chi connectivity index (χ0v) is 15.6. The van der Waals surface area contributed by atoms with Crippen molar-refractivity contribution in [3.05, 3.63) is 33.1 Å². The molecule has 0 fully saturated rings. The van der Waals surface area contributed by atoms with E-state index in [1.807, 2.05) is 18.7 Å². The van der Waals surface area contributed by atoms with Gasteiger partial charge in [-0.05, 0) is 25.3 Å². The number of allylic oxidation sites excluding steroid dienone is 1. The van der Waals surface area contributed by atoms with Crippen molar-refractivity contribution in [3.8, 4) is 0 Å². The fraction of sp³-hybridized carbons (Fsp3) is 0.500. The Morgan fingerprint density at radius 1 is 1.52 bits per heavy atom. The first-order chi connectivity index (χ1) is 10.8. The van der Waals surface area contributed by atoms with E-state index in [2.05, 4.69) is 36.3 Å². The number of nitrogens with zero attached hydrogens (tertiary/aromatic N) is 2. The van der Waals surface area contributed by atoms with Crippen LogP contribution >= 0.6 is 23.1 Å². The second kappa shape index (κ2) is 5.87. The lowest BCUT2D eigenvalue weighted by Crippen LogP contribution is -2.29. The largest absolute Gasteiger partial charge is 0.303 e. The van der Waals surface area contributed by atoms with Crippen LogP contribution in [0.4, 0.5) is 5.95 Å². The molecular formula is C16H22N4OS2. The number of fused-ring (bicyclic) bond motifs is 3. The number of hydrazine groups is 1. The fourth-order valence-electron chi connectivity index (χ4n) is 2.70. The zero-order valence-electron chi connectivity index (χ0n) is 13.9. The van der Waals surface area contributed by atoms with Crippen LogP contribution in [0.15, 0.2) is 17.1 Å². The van der Waals surface area contributed by atoms with Crippen molar-refractivity contribution in [2.75, 3.05) is 5.43 Å². The van der Waals surface area contributed by atoms with E-state index in [-0.39, 0.29) is 10.3 Å². The van der Waals surface area contributed by atoms with Crippen molar-refractivity contribution >= 4 is 39.3 Å². The van der Waals surface area contributed by atoms with Crippen molar-refractivity contribution in [3.63, 3.8) is 0 Å². The molecule has 3 rings (SSSR count). The van der Waals surface area contributed by atoms with E-state index in [1.54, 1.807) is 23.0 Å². The van der Waals surface area contributed by atoms with E-state index >= 15 is 0 Å². The lowest BCUT2D eigenvalue weighted by atomic mass is 9.96. The Kier molecular flexibility index (Phi) is 4.18. The summed E-state index contributed by atoms with van der Waals surface area (Å²) in [5, 5.41) is 0.799.